The average molecular weight is 520 g/mol. The van der Waals surface area contributed by atoms with E-state index < -0.39 is 4.92 Å². The van der Waals surface area contributed by atoms with E-state index in [4.69, 9.17) is 16.3 Å². The van der Waals surface area contributed by atoms with Crippen LogP contribution in [0.2, 0.25) is 5.02 Å². The quantitative estimate of drug-likeness (QED) is 0.340. The van der Waals surface area contributed by atoms with E-state index in [0.29, 0.717) is 48.6 Å². The number of fused-ring (bicyclic) bond motifs is 2. The highest BCUT2D eigenvalue weighted by atomic mass is 35.5. The molecule has 0 saturated carbocycles. The van der Waals surface area contributed by atoms with Gasteiger partial charge in [-0.05, 0) is 55.2 Å². The van der Waals surface area contributed by atoms with Gasteiger partial charge in [-0.25, -0.2) is 0 Å². The Balaban J connectivity index is 1.38. The lowest BCUT2D eigenvalue weighted by Crippen LogP contribution is -2.47. The molecule has 0 aliphatic carbocycles. The van der Waals surface area contributed by atoms with Gasteiger partial charge in [0.2, 0.25) is 0 Å². The number of hydrogen-bond donors (Lipinski definition) is 0. The van der Waals surface area contributed by atoms with E-state index in [1.165, 1.54) is 25.3 Å². The maximum absolute atomic E-state index is 13.6. The third kappa shape index (κ3) is 4.21. The number of methoxy groups -OCH3 is 1. The minimum Gasteiger partial charge on any atom is -0.490 e. The molecule has 0 aromatic heterocycles. The van der Waals surface area contributed by atoms with Crippen molar-refractivity contribution in [2.45, 2.75) is 25.2 Å². The van der Waals surface area contributed by atoms with E-state index >= 15 is 0 Å². The van der Waals surface area contributed by atoms with Crippen LogP contribution in [0.4, 0.5) is 11.4 Å². The number of nitro benzene ring substituents is 1. The number of halogens is 1. The number of benzene rings is 3. The largest absolute Gasteiger partial charge is 0.490 e. The van der Waals surface area contributed by atoms with E-state index in [2.05, 4.69) is 6.07 Å². The molecule has 5 rings (SSSR count). The number of carbonyl (C=O) groups is 2. The summed E-state index contributed by atoms with van der Waals surface area (Å²) in [5, 5.41) is 11.8. The Bertz CT molecular complexity index is 1410. The predicted octanol–water partition coefficient (Wildman–Crippen LogP) is 5.40. The summed E-state index contributed by atoms with van der Waals surface area (Å²) in [7, 11) is 1.34. The highest BCUT2D eigenvalue weighted by Crippen LogP contribution is 2.47. The van der Waals surface area contributed by atoms with Gasteiger partial charge in [-0.2, -0.15) is 0 Å². The van der Waals surface area contributed by atoms with Crippen molar-refractivity contribution in [2.75, 3.05) is 31.6 Å². The first-order valence-electron chi connectivity index (χ1n) is 12.0. The molecule has 0 N–H and O–H groups in total. The van der Waals surface area contributed by atoms with Crippen LogP contribution in [0, 0.1) is 17.0 Å². The van der Waals surface area contributed by atoms with Crippen molar-refractivity contribution >= 4 is 34.8 Å². The average Bonchev–Trinajstić information content (AvgIpc) is 3.23. The molecular formula is C28H26ClN3O5. The second-order valence-corrected chi connectivity index (χ2v) is 9.94. The van der Waals surface area contributed by atoms with Crippen molar-refractivity contribution in [3.05, 3.63) is 98.1 Å². The first kappa shape index (κ1) is 24.8. The van der Waals surface area contributed by atoms with Crippen LogP contribution in [0.5, 0.6) is 5.75 Å². The summed E-state index contributed by atoms with van der Waals surface area (Å²) in [5.74, 6) is -0.225. The zero-order chi connectivity index (χ0) is 26.3. The summed E-state index contributed by atoms with van der Waals surface area (Å²) in [4.78, 5) is 41.2. The summed E-state index contributed by atoms with van der Waals surface area (Å²) in [6, 6.07) is 17.5. The molecule has 2 aliphatic rings. The molecule has 3 aromatic carbocycles. The van der Waals surface area contributed by atoms with Crippen molar-refractivity contribution in [3.8, 4) is 5.75 Å². The molecule has 8 nitrogen and oxygen atoms in total. The van der Waals surface area contributed by atoms with Crippen LogP contribution in [0.3, 0.4) is 0 Å². The fraction of sp³-hybridized carbons (Fsp3) is 0.286. The molecule has 3 aromatic rings. The van der Waals surface area contributed by atoms with Gasteiger partial charge in [0.25, 0.3) is 11.8 Å². The van der Waals surface area contributed by atoms with Gasteiger partial charge in [-0.3, -0.25) is 19.7 Å². The molecule has 1 saturated heterocycles. The van der Waals surface area contributed by atoms with E-state index in [1.54, 1.807) is 23.1 Å². The molecular weight excluding hydrogens is 494 g/mol. The minimum absolute atomic E-state index is 0.0551. The van der Waals surface area contributed by atoms with Crippen LogP contribution in [-0.2, 0) is 5.41 Å². The van der Waals surface area contributed by atoms with Crippen molar-refractivity contribution < 1.29 is 19.2 Å². The number of piperidine rings is 1. The van der Waals surface area contributed by atoms with Crippen LogP contribution >= 0.6 is 11.6 Å². The summed E-state index contributed by atoms with van der Waals surface area (Å²) >= 11 is 6.30. The number of para-hydroxylation sites is 1. The minimum atomic E-state index is -0.535. The van der Waals surface area contributed by atoms with E-state index in [0.717, 1.165) is 16.8 Å². The van der Waals surface area contributed by atoms with Crippen LogP contribution < -0.4 is 9.64 Å². The zero-order valence-electron chi connectivity index (χ0n) is 20.6. The maximum atomic E-state index is 13.6. The number of nitrogens with zero attached hydrogens (tertiary/aromatic N) is 3. The molecule has 2 heterocycles. The molecule has 0 bridgehead atoms. The highest BCUT2D eigenvalue weighted by Gasteiger charge is 2.47. The Morgan fingerprint density at radius 1 is 1.03 bits per heavy atom. The van der Waals surface area contributed by atoms with E-state index in [1.807, 2.05) is 30.0 Å². The van der Waals surface area contributed by atoms with Crippen molar-refractivity contribution in [2.24, 2.45) is 0 Å². The van der Waals surface area contributed by atoms with Crippen LogP contribution in [0.1, 0.15) is 44.7 Å². The smallest absolute Gasteiger partial charge is 0.310 e. The molecule has 0 unspecified atom stereocenters. The van der Waals surface area contributed by atoms with Crippen molar-refractivity contribution in [1.82, 2.24) is 4.90 Å². The predicted molar refractivity (Wildman–Crippen MR) is 141 cm³/mol. The van der Waals surface area contributed by atoms with Gasteiger partial charge in [0.15, 0.2) is 5.75 Å². The third-order valence-corrected chi connectivity index (χ3v) is 8.01. The lowest BCUT2D eigenvalue weighted by Gasteiger charge is -2.40. The van der Waals surface area contributed by atoms with Gasteiger partial charge in [0.05, 0.1) is 12.0 Å². The molecule has 1 fully saturated rings. The SMILES string of the molecule is COc1cc(C(=O)N2CCC3(CC2)CN(C(=O)c2cccc(Cl)c2C)c2ccccc23)ccc1[N+](=O)[O-]. The Hall–Kier alpha value is -3.91. The Morgan fingerprint density at radius 2 is 1.76 bits per heavy atom. The normalized spacial score (nSPS) is 16.0. The van der Waals surface area contributed by atoms with Crippen molar-refractivity contribution in [1.29, 1.82) is 0 Å². The molecule has 0 atom stereocenters. The molecule has 190 valence electrons. The van der Waals surface area contributed by atoms with Gasteiger partial charge in [-0.15, -0.1) is 0 Å². The topological polar surface area (TPSA) is 93.0 Å². The van der Waals surface area contributed by atoms with E-state index in [9.17, 15) is 19.7 Å². The van der Waals surface area contributed by atoms with Gasteiger partial charge < -0.3 is 14.5 Å². The van der Waals surface area contributed by atoms with Crippen LogP contribution in [0.25, 0.3) is 0 Å². The number of nitro groups is 1. The van der Waals surface area contributed by atoms with Gasteiger partial charge >= 0.3 is 5.69 Å². The number of anilines is 1. The molecule has 0 radical (unpaired) electrons. The second kappa shape index (κ2) is 9.52. The van der Waals surface area contributed by atoms with Gasteiger partial charge in [0.1, 0.15) is 0 Å². The Morgan fingerprint density at radius 3 is 2.46 bits per heavy atom. The summed E-state index contributed by atoms with van der Waals surface area (Å²) in [5.41, 5.74) is 3.25. The number of carbonyl (C=O) groups excluding carboxylic acids is 2. The fourth-order valence-electron chi connectivity index (χ4n) is 5.51. The first-order chi connectivity index (χ1) is 17.8. The monoisotopic (exact) mass is 519 g/mol. The summed E-state index contributed by atoms with van der Waals surface area (Å²) in [6.07, 6.45) is 1.39. The zero-order valence-corrected chi connectivity index (χ0v) is 21.3. The molecule has 37 heavy (non-hydrogen) atoms. The summed E-state index contributed by atoms with van der Waals surface area (Å²) < 4.78 is 5.13. The third-order valence-electron chi connectivity index (χ3n) is 7.60. The van der Waals surface area contributed by atoms with Crippen molar-refractivity contribution in [3.63, 3.8) is 0 Å². The standard InChI is InChI=1S/C28H26ClN3O5/c1-18-20(6-5-8-22(18)29)27(34)31-17-28(21-7-3-4-9-23(21)31)12-14-30(15-13-28)26(33)19-10-11-24(32(35)36)25(16-19)37-2/h3-11,16H,12-15,17H2,1-2H3. The maximum Gasteiger partial charge on any atom is 0.310 e. The lowest BCUT2D eigenvalue weighted by molar-refractivity contribution is -0.385. The van der Waals surface area contributed by atoms with Crippen LogP contribution in [0.15, 0.2) is 60.7 Å². The number of likely N-dealkylation sites (tertiary alicyclic amines) is 1. The number of hydrogen-bond acceptors (Lipinski definition) is 5. The summed E-state index contributed by atoms with van der Waals surface area (Å²) in [6.45, 7) is 3.39. The lowest BCUT2D eigenvalue weighted by atomic mass is 9.74. The number of ether oxygens (including phenoxy) is 1. The molecule has 9 heteroatoms. The Labute approximate surface area is 219 Å². The number of amides is 2. The van der Waals surface area contributed by atoms with E-state index in [-0.39, 0.29) is 28.7 Å². The molecule has 2 amide bonds. The second-order valence-electron chi connectivity index (χ2n) is 9.54. The van der Waals surface area contributed by atoms with Gasteiger partial charge in [-0.1, -0.05) is 35.9 Å². The van der Waals surface area contributed by atoms with Gasteiger partial charge in [0, 0.05) is 59.0 Å². The molecule has 1 spiro atoms. The molecule has 2 aliphatic heterocycles. The number of rotatable bonds is 4. The highest BCUT2D eigenvalue weighted by molar-refractivity contribution is 6.32. The fourth-order valence-corrected chi connectivity index (χ4v) is 5.68. The van der Waals surface area contributed by atoms with Crippen LogP contribution in [-0.4, -0.2) is 48.4 Å². The first-order valence-corrected chi connectivity index (χ1v) is 12.4. The Kier molecular flexibility index (Phi) is 6.37.